The number of likely N-dealkylation sites (N-methyl/N-ethyl adjacent to an activating group) is 1. The molecule has 170 valence electrons. The summed E-state index contributed by atoms with van der Waals surface area (Å²) in [5.41, 5.74) is 3.06. The van der Waals surface area contributed by atoms with Crippen LogP contribution in [0, 0.1) is 0 Å². The number of carbonyl (C=O) groups excluding carboxylic acids is 1. The summed E-state index contributed by atoms with van der Waals surface area (Å²) in [4.78, 5) is 18.1. The van der Waals surface area contributed by atoms with Crippen molar-refractivity contribution in [1.29, 1.82) is 0 Å². The summed E-state index contributed by atoms with van der Waals surface area (Å²) in [6.45, 7) is 7.72. The molecule has 0 bridgehead atoms. The van der Waals surface area contributed by atoms with Crippen LogP contribution in [0.3, 0.4) is 0 Å². The van der Waals surface area contributed by atoms with E-state index >= 15 is 0 Å². The van der Waals surface area contributed by atoms with Crippen LogP contribution in [0.15, 0.2) is 59.6 Å². The Bertz CT molecular complexity index is 795. The second kappa shape index (κ2) is 14.6. The molecule has 31 heavy (non-hydrogen) atoms. The first-order valence-electron chi connectivity index (χ1n) is 10.3. The summed E-state index contributed by atoms with van der Waals surface area (Å²) in [5.74, 6) is 0.750. The van der Waals surface area contributed by atoms with Gasteiger partial charge in [0.15, 0.2) is 5.96 Å². The molecule has 2 aromatic carbocycles. The molecule has 1 atom stereocenters. The quantitative estimate of drug-likeness (QED) is 0.253. The number of nitrogens with zero attached hydrogens (tertiary/aromatic N) is 2. The van der Waals surface area contributed by atoms with Crippen LogP contribution in [0.4, 0.5) is 10.5 Å². The van der Waals surface area contributed by atoms with E-state index in [-0.39, 0.29) is 30.0 Å². The Balaban J connectivity index is 0.00000480. The molecule has 0 heterocycles. The van der Waals surface area contributed by atoms with Crippen LogP contribution < -0.4 is 16.0 Å². The van der Waals surface area contributed by atoms with Crippen molar-refractivity contribution < 1.29 is 9.53 Å². The molecule has 0 fully saturated rings. The Morgan fingerprint density at radius 1 is 1.03 bits per heavy atom. The largest absolute Gasteiger partial charge is 0.453 e. The van der Waals surface area contributed by atoms with Gasteiger partial charge in [-0.25, -0.2) is 4.79 Å². The highest BCUT2D eigenvalue weighted by molar-refractivity contribution is 14.0. The number of ether oxygens (including phenoxy) is 1. The lowest BCUT2D eigenvalue weighted by Gasteiger charge is -2.30. The third kappa shape index (κ3) is 8.74. The highest BCUT2D eigenvalue weighted by atomic mass is 127. The van der Waals surface area contributed by atoms with Crippen molar-refractivity contribution in [2.24, 2.45) is 4.99 Å². The van der Waals surface area contributed by atoms with Gasteiger partial charge in [0.1, 0.15) is 0 Å². The number of guanidine groups is 1. The van der Waals surface area contributed by atoms with E-state index in [4.69, 9.17) is 0 Å². The number of halogens is 1. The number of rotatable bonds is 9. The number of anilines is 1. The summed E-state index contributed by atoms with van der Waals surface area (Å²) < 4.78 is 4.60. The van der Waals surface area contributed by atoms with E-state index in [1.165, 1.54) is 12.7 Å². The van der Waals surface area contributed by atoms with Gasteiger partial charge in [0.25, 0.3) is 0 Å². The lowest BCUT2D eigenvalue weighted by atomic mass is 10.1. The van der Waals surface area contributed by atoms with Crippen LogP contribution in [0.1, 0.15) is 31.0 Å². The molecule has 7 nitrogen and oxygen atoms in total. The predicted molar refractivity (Wildman–Crippen MR) is 138 cm³/mol. The van der Waals surface area contributed by atoms with Crippen LogP contribution in [-0.4, -0.2) is 50.7 Å². The molecule has 2 aromatic rings. The maximum absolute atomic E-state index is 11.3. The minimum atomic E-state index is -0.480. The molecule has 2 rings (SSSR count). The van der Waals surface area contributed by atoms with Gasteiger partial charge in [-0.2, -0.15) is 0 Å². The lowest BCUT2D eigenvalue weighted by Crippen LogP contribution is -2.43. The fraction of sp³-hybridized carbons (Fsp3) is 0.391. The smallest absolute Gasteiger partial charge is 0.411 e. The number of hydrogen-bond donors (Lipinski definition) is 3. The standard InChI is InChI=1S/C23H33N5O2.HI/c1-5-28(6-2)21(19-10-8-7-9-11-19)17-26-22(24-3)25-16-18-12-14-20(15-13-18)27-23(29)30-4;/h7-15,21H,5-6,16-17H2,1-4H3,(H,27,29)(H2,24,25,26);1H. The van der Waals surface area contributed by atoms with Crippen LogP contribution in [-0.2, 0) is 11.3 Å². The number of aliphatic imine (C=N–C) groups is 1. The molecule has 0 aromatic heterocycles. The molecule has 0 saturated heterocycles. The number of benzene rings is 2. The first kappa shape index (κ1) is 26.7. The van der Waals surface area contributed by atoms with Crippen molar-refractivity contribution in [3.05, 3.63) is 65.7 Å². The highest BCUT2D eigenvalue weighted by Crippen LogP contribution is 2.19. The van der Waals surface area contributed by atoms with Crippen LogP contribution in [0.5, 0.6) is 0 Å². The third-order valence-electron chi connectivity index (χ3n) is 4.97. The molecule has 0 spiro atoms. The van der Waals surface area contributed by atoms with Gasteiger partial charge in [0.05, 0.1) is 13.2 Å². The van der Waals surface area contributed by atoms with Gasteiger partial charge in [-0.05, 0) is 36.3 Å². The van der Waals surface area contributed by atoms with Gasteiger partial charge < -0.3 is 15.4 Å². The first-order valence-corrected chi connectivity index (χ1v) is 10.3. The summed E-state index contributed by atoms with van der Waals surface area (Å²) >= 11 is 0. The maximum Gasteiger partial charge on any atom is 0.411 e. The van der Waals surface area contributed by atoms with Crippen molar-refractivity contribution in [2.45, 2.75) is 26.4 Å². The summed E-state index contributed by atoms with van der Waals surface area (Å²) in [6, 6.07) is 18.4. The summed E-state index contributed by atoms with van der Waals surface area (Å²) in [6.07, 6.45) is -0.480. The average Bonchev–Trinajstić information content (AvgIpc) is 2.80. The van der Waals surface area contributed by atoms with E-state index in [1.54, 1.807) is 7.05 Å². The minimum absolute atomic E-state index is 0. The van der Waals surface area contributed by atoms with E-state index in [9.17, 15) is 4.79 Å². The molecule has 0 aliphatic carbocycles. The molecule has 0 aliphatic rings. The molecule has 8 heteroatoms. The topological polar surface area (TPSA) is 78.0 Å². The van der Waals surface area contributed by atoms with Crippen LogP contribution in [0.25, 0.3) is 0 Å². The Morgan fingerprint density at radius 2 is 1.68 bits per heavy atom. The Labute approximate surface area is 202 Å². The zero-order chi connectivity index (χ0) is 21.8. The van der Waals surface area contributed by atoms with E-state index < -0.39 is 6.09 Å². The zero-order valence-electron chi connectivity index (χ0n) is 18.7. The zero-order valence-corrected chi connectivity index (χ0v) is 21.1. The Morgan fingerprint density at radius 3 is 2.23 bits per heavy atom. The first-order chi connectivity index (χ1) is 14.6. The van der Waals surface area contributed by atoms with E-state index in [2.05, 4.69) is 68.7 Å². The van der Waals surface area contributed by atoms with Gasteiger partial charge in [-0.1, -0.05) is 56.3 Å². The van der Waals surface area contributed by atoms with Gasteiger partial charge in [-0.3, -0.25) is 15.2 Å². The summed E-state index contributed by atoms with van der Waals surface area (Å²) in [5, 5.41) is 9.45. The van der Waals surface area contributed by atoms with Crippen molar-refractivity contribution >= 4 is 41.7 Å². The molecule has 1 unspecified atom stereocenters. The molecule has 0 aliphatic heterocycles. The molecule has 1 amide bonds. The lowest BCUT2D eigenvalue weighted by molar-refractivity contribution is 0.187. The van der Waals surface area contributed by atoms with Crippen molar-refractivity contribution in [1.82, 2.24) is 15.5 Å². The van der Waals surface area contributed by atoms with Crippen molar-refractivity contribution in [2.75, 3.05) is 39.1 Å². The van der Waals surface area contributed by atoms with Crippen molar-refractivity contribution in [3.8, 4) is 0 Å². The van der Waals surface area contributed by atoms with Gasteiger partial charge in [0.2, 0.25) is 0 Å². The Hall–Kier alpha value is -2.33. The fourth-order valence-electron chi connectivity index (χ4n) is 3.27. The fourth-order valence-corrected chi connectivity index (χ4v) is 3.27. The Kier molecular flexibility index (Phi) is 12.6. The normalized spacial score (nSPS) is 12.0. The van der Waals surface area contributed by atoms with E-state index in [1.807, 2.05) is 30.3 Å². The molecule has 0 saturated carbocycles. The second-order valence-corrected chi connectivity index (χ2v) is 6.77. The van der Waals surface area contributed by atoms with Crippen molar-refractivity contribution in [3.63, 3.8) is 0 Å². The van der Waals surface area contributed by atoms with Crippen LogP contribution in [0.2, 0.25) is 0 Å². The SMILES string of the molecule is CCN(CC)C(CNC(=NC)NCc1ccc(NC(=O)OC)cc1)c1ccccc1.I. The predicted octanol–water partition coefficient (Wildman–Crippen LogP) is 4.23. The number of nitrogens with one attached hydrogen (secondary N) is 3. The molecular formula is C23H34IN5O2. The highest BCUT2D eigenvalue weighted by Gasteiger charge is 2.18. The second-order valence-electron chi connectivity index (χ2n) is 6.77. The number of amides is 1. The number of hydrogen-bond acceptors (Lipinski definition) is 4. The van der Waals surface area contributed by atoms with Crippen LogP contribution >= 0.6 is 24.0 Å². The van der Waals surface area contributed by atoms with Gasteiger partial charge in [-0.15, -0.1) is 24.0 Å². The van der Waals surface area contributed by atoms with Gasteiger partial charge >= 0.3 is 6.09 Å². The minimum Gasteiger partial charge on any atom is -0.453 e. The number of carbonyl (C=O) groups is 1. The monoisotopic (exact) mass is 539 g/mol. The van der Waals surface area contributed by atoms with E-state index in [0.717, 1.165) is 31.2 Å². The average molecular weight is 539 g/mol. The molecule has 3 N–H and O–H groups in total. The maximum atomic E-state index is 11.3. The summed E-state index contributed by atoms with van der Waals surface area (Å²) in [7, 11) is 3.11. The number of methoxy groups -OCH3 is 1. The van der Waals surface area contributed by atoms with E-state index in [0.29, 0.717) is 12.2 Å². The molecule has 0 radical (unpaired) electrons. The van der Waals surface area contributed by atoms with Gasteiger partial charge in [0, 0.05) is 25.8 Å². The molecular weight excluding hydrogens is 505 g/mol. The third-order valence-corrected chi connectivity index (χ3v) is 4.97.